The highest BCUT2D eigenvalue weighted by Gasteiger charge is 2.10. The Balaban J connectivity index is 2.26. The van der Waals surface area contributed by atoms with Crippen molar-refractivity contribution in [2.75, 3.05) is 0 Å². The fourth-order valence-corrected chi connectivity index (χ4v) is 2.13. The summed E-state index contributed by atoms with van der Waals surface area (Å²) >= 11 is 0. The summed E-state index contributed by atoms with van der Waals surface area (Å²) in [6, 6.07) is 12.4. The predicted octanol–water partition coefficient (Wildman–Crippen LogP) is 4.96. The average molecular weight is 348 g/mol. The van der Waals surface area contributed by atoms with Gasteiger partial charge in [-0.05, 0) is 54.8 Å². The standard InChI is InChI=1S/C22H20O4/c1-6-16-13-19(26-22(24)15(4)5)11-12-20(16)17-7-9-18(10-8-17)25-21(23)14(2)3/h6-13H,1-2,4H2,3,5H3. The monoisotopic (exact) mass is 348 g/mol. The molecule has 0 heterocycles. The summed E-state index contributed by atoms with van der Waals surface area (Å²) in [7, 11) is 0. The Morgan fingerprint density at radius 1 is 0.846 bits per heavy atom. The number of benzene rings is 2. The molecular weight excluding hydrogens is 328 g/mol. The van der Waals surface area contributed by atoms with Crippen molar-refractivity contribution in [1.82, 2.24) is 0 Å². The molecule has 0 radical (unpaired) electrons. The molecule has 0 aliphatic rings. The second kappa shape index (κ2) is 8.12. The third-order valence-electron chi connectivity index (χ3n) is 3.53. The lowest BCUT2D eigenvalue weighted by Crippen LogP contribution is -2.08. The van der Waals surface area contributed by atoms with Gasteiger partial charge in [0.15, 0.2) is 0 Å². The Bertz CT molecular complexity index is 889. The van der Waals surface area contributed by atoms with Gasteiger partial charge in [0.05, 0.1) is 0 Å². The largest absolute Gasteiger partial charge is 0.423 e. The molecule has 0 unspecified atom stereocenters. The molecule has 0 saturated carbocycles. The predicted molar refractivity (Wildman–Crippen MR) is 103 cm³/mol. The van der Waals surface area contributed by atoms with Gasteiger partial charge in [-0.1, -0.05) is 44.0 Å². The second-order valence-electron chi connectivity index (χ2n) is 5.82. The maximum atomic E-state index is 11.6. The highest BCUT2D eigenvalue weighted by Crippen LogP contribution is 2.30. The first-order chi connectivity index (χ1) is 12.3. The first kappa shape index (κ1) is 18.9. The first-order valence-corrected chi connectivity index (χ1v) is 7.94. The minimum absolute atomic E-state index is 0.328. The maximum Gasteiger partial charge on any atom is 0.338 e. The minimum atomic E-state index is -0.476. The summed E-state index contributed by atoms with van der Waals surface area (Å²) in [6.07, 6.45) is 1.68. The Kier molecular flexibility index (Phi) is 5.91. The summed E-state index contributed by atoms with van der Waals surface area (Å²) in [5, 5.41) is 0. The van der Waals surface area contributed by atoms with Crippen molar-refractivity contribution in [2.45, 2.75) is 13.8 Å². The molecule has 0 fully saturated rings. The number of carbonyl (C=O) groups excluding carboxylic acids is 2. The van der Waals surface area contributed by atoms with Crippen LogP contribution in [-0.2, 0) is 9.59 Å². The molecular formula is C22H20O4. The van der Waals surface area contributed by atoms with Crippen LogP contribution in [0.2, 0.25) is 0 Å². The van der Waals surface area contributed by atoms with E-state index in [2.05, 4.69) is 19.7 Å². The van der Waals surface area contributed by atoms with Crippen LogP contribution < -0.4 is 9.47 Å². The summed E-state index contributed by atoms with van der Waals surface area (Å²) in [4.78, 5) is 23.2. The van der Waals surface area contributed by atoms with Crippen molar-refractivity contribution in [3.8, 4) is 22.6 Å². The molecule has 0 atom stereocenters. The normalized spacial score (nSPS) is 9.92. The molecule has 0 amide bonds. The van der Waals surface area contributed by atoms with Crippen LogP contribution in [0.15, 0.2) is 73.3 Å². The summed E-state index contributed by atoms with van der Waals surface area (Å²) in [5.41, 5.74) is 3.29. The molecule has 2 rings (SSSR count). The van der Waals surface area contributed by atoms with E-state index < -0.39 is 11.9 Å². The van der Waals surface area contributed by atoms with Crippen molar-refractivity contribution in [3.63, 3.8) is 0 Å². The topological polar surface area (TPSA) is 52.6 Å². The zero-order valence-corrected chi connectivity index (χ0v) is 14.9. The molecule has 4 nitrogen and oxygen atoms in total. The van der Waals surface area contributed by atoms with Crippen molar-refractivity contribution >= 4 is 18.0 Å². The van der Waals surface area contributed by atoms with Gasteiger partial charge in [0, 0.05) is 11.1 Å². The van der Waals surface area contributed by atoms with E-state index in [4.69, 9.17) is 9.47 Å². The molecule has 2 aromatic carbocycles. The molecule has 26 heavy (non-hydrogen) atoms. The lowest BCUT2D eigenvalue weighted by Gasteiger charge is -2.11. The van der Waals surface area contributed by atoms with Crippen LogP contribution >= 0.6 is 0 Å². The zero-order valence-electron chi connectivity index (χ0n) is 14.9. The maximum absolute atomic E-state index is 11.6. The summed E-state index contributed by atoms with van der Waals surface area (Å²) in [6.45, 7) is 14.1. The fourth-order valence-electron chi connectivity index (χ4n) is 2.13. The van der Waals surface area contributed by atoms with Crippen LogP contribution in [0.3, 0.4) is 0 Å². The van der Waals surface area contributed by atoms with Crippen LogP contribution in [0.25, 0.3) is 17.2 Å². The number of rotatable bonds is 6. The Morgan fingerprint density at radius 3 is 1.85 bits per heavy atom. The van der Waals surface area contributed by atoms with Gasteiger partial charge in [-0.15, -0.1) is 0 Å². The van der Waals surface area contributed by atoms with Crippen LogP contribution in [-0.4, -0.2) is 11.9 Å². The van der Waals surface area contributed by atoms with Crippen molar-refractivity contribution < 1.29 is 19.1 Å². The van der Waals surface area contributed by atoms with E-state index in [9.17, 15) is 9.59 Å². The highest BCUT2D eigenvalue weighted by atomic mass is 16.5. The number of esters is 2. The van der Waals surface area contributed by atoms with Crippen molar-refractivity contribution in [2.24, 2.45) is 0 Å². The molecule has 0 spiro atoms. The SMILES string of the molecule is C=Cc1cc(OC(=O)C(=C)C)ccc1-c1ccc(OC(=O)C(=C)C)cc1. The van der Waals surface area contributed by atoms with E-state index in [0.29, 0.717) is 22.6 Å². The van der Waals surface area contributed by atoms with E-state index in [0.717, 1.165) is 16.7 Å². The molecule has 0 N–H and O–H groups in total. The van der Waals surface area contributed by atoms with Crippen LogP contribution in [0.5, 0.6) is 11.5 Å². The van der Waals surface area contributed by atoms with Gasteiger partial charge in [-0.2, -0.15) is 0 Å². The lowest BCUT2D eigenvalue weighted by molar-refractivity contribution is -0.130. The molecule has 0 saturated heterocycles. The van der Waals surface area contributed by atoms with Crippen molar-refractivity contribution in [3.05, 3.63) is 78.9 Å². The molecule has 2 aromatic rings. The Morgan fingerprint density at radius 2 is 1.35 bits per heavy atom. The van der Waals surface area contributed by atoms with Gasteiger partial charge in [0.25, 0.3) is 0 Å². The third-order valence-corrected chi connectivity index (χ3v) is 3.53. The summed E-state index contributed by atoms with van der Waals surface area (Å²) in [5.74, 6) is -0.0813. The van der Waals surface area contributed by atoms with E-state index in [1.807, 2.05) is 18.2 Å². The highest BCUT2D eigenvalue weighted by molar-refractivity contribution is 5.89. The minimum Gasteiger partial charge on any atom is -0.423 e. The van der Waals surface area contributed by atoms with Gasteiger partial charge < -0.3 is 9.47 Å². The van der Waals surface area contributed by atoms with Gasteiger partial charge >= 0.3 is 11.9 Å². The van der Waals surface area contributed by atoms with Crippen LogP contribution in [0, 0.1) is 0 Å². The molecule has 0 bridgehead atoms. The number of ether oxygens (including phenoxy) is 2. The average Bonchev–Trinajstić information content (AvgIpc) is 2.62. The Labute approximate surface area is 153 Å². The number of hydrogen-bond donors (Lipinski definition) is 0. The smallest absolute Gasteiger partial charge is 0.338 e. The fraction of sp³-hybridized carbons (Fsp3) is 0.0909. The van der Waals surface area contributed by atoms with E-state index >= 15 is 0 Å². The summed E-state index contributed by atoms with van der Waals surface area (Å²) < 4.78 is 10.4. The number of hydrogen-bond acceptors (Lipinski definition) is 4. The molecule has 0 aliphatic carbocycles. The Hall–Kier alpha value is -3.40. The molecule has 4 heteroatoms. The van der Waals surface area contributed by atoms with Crippen molar-refractivity contribution in [1.29, 1.82) is 0 Å². The van der Waals surface area contributed by atoms with Gasteiger partial charge in [0.1, 0.15) is 11.5 Å². The van der Waals surface area contributed by atoms with Gasteiger partial charge in [0.2, 0.25) is 0 Å². The second-order valence-corrected chi connectivity index (χ2v) is 5.82. The van der Waals surface area contributed by atoms with Crippen LogP contribution in [0.4, 0.5) is 0 Å². The first-order valence-electron chi connectivity index (χ1n) is 7.94. The van der Waals surface area contributed by atoms with E-state index in [1.165, 1.54) is 0 Å². The lowest BCUT2D eigenvalue weighted by atomic mass is 9.99. The number of carbonyl (C=O) groups is 2. The zero-order chi connectivity index (χ0) is 19.3. The van der Waals surface area contributed by atoms with Gasteiger partial charge in [-0.3, -0.25) is 0 Å². The van der Waals surface area contributed by atoms with E-state index in [-0.39, 0.29) is 0 Å². The molecule has 132 valence electrons. The van der Waals surface area contributed by atoms with E-state index in [1.54, 1.807) is 44.2 Å². The molecule has 0 aromatic heterocycles. The molecule has 0 aliphatic heterocycles. The van der Waals surface area contributed by atoms with Crippen LogP contribution in [0.1, 0.15) is 19.4 Å². The third kappa shape index (κ3) is 4.57. The van der Waals surface area contributed by atoms with Gasteiger partial charge in [-0.25, -0.2) is 9.59 Å². The quantitative estimate of drug-likeness (QED) is 0.421.